The summed E-state index contributed by atoms with van der Waals surface area (Å²) in [5, 5.41) is 2.18. The molecule has 4 aromatic heterocycles. The number of ether oxygens (including phenoxy) is 1. The van der Waals surface area contributed by atoms with E-state index < -0.39 is 0 Å². The van der Waals surface area contributed by atoms with Crippen molar-refractivity contribution in [1.82, 2.24) is 19.1 Å². The SMILES string of the molecule is CC(C)(C)c1cc(-[n+]2[c-]n(-c3[c-]c(Oc4[c-]c5c(cc4)c4cccc(-c6ccccc6)c4n5-c4cc(C(C)(C)C)ccn4)cnc3)c3ccccc32)cc(C(C)(C)C)c1.[Pt]. The number of rotatable bonds is 6. The van der Waals surface area contributed by atoms with Gasteiger partial charge in [-0.15, -0.1) is 23.6 Å². The summed E-state index contributed by atoms with van der Waals surface area (Å²) in [6, 6.07) is 47.8. The molecule has 5 aromatic carbocycles. The molecule has 304 valence electrons. The van der Waals surface area contributed by atoms with Crippen LogP contribution in [0.4, 0.5) is 0 Å². The van der Waals surface area contributed by atoms with E-state index in [1.54, 1.807) is 12.4 Å². The number of pyridine rings is 2. The van der Waals surface area contributed by atoms with Crippen LogP contribution in [0.1, 0.15) is 79.0 Å². The molecule has 7 heteroatoms. The number of imidazole rings is 1. The summed E-state index contributed by atoms with van der Waals surface area (Å²) in [5.74, 6) is 1.85. The fraction of sp³-hybridized carbons (Fsp3) is 0.226. The zero-order chi connectivity index (χ0) is 41.3. The van der Waals surface area contributed by atoms with Gasteiger partial charge in [0.05, 0.1) is 16.7 Å². The van der Waals surface area contributed by atoms with Crippen molar-refractivity contribution in [1.29, 1.82) is 0 Å². The summed E-state index contributed by atoms with van der Waals surface area (Å²) in [7, 11) is 0. The molecular formula is C53H49N5OPt-2. The first-order chi connectivity index (χ1) is 28.1. The van der Waals surface area contributed by atoms with Crippen LogP contribution in [0.15, 0.2) is 134 Å². The van der Waals surface area contributed by atoms with Gasteiger partial charge in [0.1, 0.15) is 5.82 Å². The van der Waals surface area contributed by atoms with Gasteiger partial charge in [-0.2, -0.15) is 6.07 Å². The van der Waals surface area contributed by atoms with Crippen molar-refractivity contribution in [2.24, 2.45) is 0 Å². The Balaban J connectivity index is 0.00000499. The van der Waals surface area contributed by atoms with Crippen molar-refractivity contribution in [2.75, 3.05) is 0 Å². The van der Waals surface area contributed by atoms with Crippen molar-refractivity contribution in [3.8, 4) is 39.8 Å². The Morgan fingerprint density at radius 1 is 0.617 bits per heavy atom. The van der Waals surface area contributed by atoms with E-state index in [4.69, 9.17) is 9.72 Å². The molecule has 0 atom stereocenters. The molecule has 0 spiro atoms. The summed E-state index contributed by atoms with van der Waals surface area (Å²) >= 11 is 0. The Hall–Kier alpha value is -5.84. The van der Waals surface area contributed by atoms with Crippen LogP contribution in [-0.4, -0.2) is 19.1 Å². The smallest absolute Gasteiger partial charge is 0.268 e. The van der Waals surface area contributed by atoms with E-state index in [0.717, 1.165) is 55.5 Å². The third-order valence-electron chi connectivity index (χ3n) is 11.2. The van der Waals surface area contributed by atoms with Crippen LogP contribution in [0, 0.1) is 18.5 Å². The molecule has 0 saturated carbocycles. The Morgan fingerprint density at radius 2 is 1.32 bits per heavy atom. The molecule has 0 aliphatic rings. The normalized spacial score (nSPS) is 12.3. The van der Waals surface area contributed by atoms with Crippen molar-refractivity contribution in [3.63, 3.8) is 0 Å². The van der Waals surface area contributed by atoms with Crippen molar-refractivity contribution in [2.45, 2.75) is 78.6 Å². The fourth-order valence-electron chi connectivity index (χ4n) is 7.80. The number of hydrogen-bond donors (Lipinski definition) is 0. The molecule has 9 aromatic rings. The van der Waals surface area contributed by atoms with Crippen molar-refractivity contribution in [3.05, 3.63) is 169 Å². The summed E-state index contributed by atoms with van der Waals surface area (Å²) in [6.45, 7) is 20.3. The molecule has 0 bridgehead atoms. The number of para-hydroxylation sites is 3. The minimum atomic E-state index is -0.0574. The number of hydrogen-bond acceptors (Lipinski definition) is 3. The first-order valence-electron chi connectivity index (χ1n) is 20.3. The van der Waals surface area contributed by atoms with Gasteiger partial charge in [-0.3, -0.25) is 4.57 Å². The molecule has 4 heterocycles. The molecule has 60 heavy (non-hydrogen) atoms. The zero-order valence-corrected chi connectivity index (χ0v) is 37.9. The van der Waals surface area contributed by atoms with Gasteiger partial charge in [-0.05, 0) is 80.0 Å². The van der Waals surface area contributed by atoms with Crippen molar-refractivity contribution >= 4 is 32.8 Å². The number of aromatic nitrogens is 5. The standard InChI is InChI=1S/C53H49N5O.Pt/c1-51(2,3)36-24-25-55-49(29-36)58-48-31-41(22-23-44(48)45-19-15-18-43(50(45)58)35-16-11-10-12-17-35)59-42-30-40(32-54-33-42)57-34-56(46-20-13-14-21-47(46)57)39-27-37(52(4,5)6)26-38(28-39)53(7,8)9;/h10-29,32-33H,1-9H3;/q-2;. The largest absolute Gasteiger partial charge is 0.508 e. The Bertz CT molecular complexity index is 3000. The second-order valence-corrected chi connectivity index (χ2v) is 18.6. The van der Waals surface area contributed by atoms with E-state index in [1.165, 1.54) is 16.7 Å². The summed E-state index contributed by atoms with van der Waals surface area (Å²) in [6.07, 6.45) is 9.06. The summed E-state index contributed by atoms with van der Waals surface area (Å²) in [5.41, 5.74) is 11.7. The summed E-state index contributed by atoms with van der Waals surface area (Å²) in [4.78, 5) is 9.59. The van der Waals surface area contributed by atoms with Crippen LogP contribution in [0.25, 0.3) is 61.2 Å². The molecule has 0 amide bonds. The first kappa shape index (κ1) is 40.9. The third kappa shape index (κ3) is 7.58. The molecule has 0 aliphatic heterocycles. The average Bonchev–Trinajstić information content (AvgIpc) is 3.76. The second kappa shape index (κ2) is 15.3. The predicted octanol–water partition coefficient (Wildman–Crippen LogP) is 12.5. The Morgan fingerprint density at radius 3 is 2.03 bits per heavy atom. The summed E-state index contributed by atoms with van der Waals surface area (Å²) < 4.78 is 13.0. The van der Waals surface area contributed by atoms with Crippen LogP contribution < -0.4 is 9.30 Å². The second-order valence-electron chi connectivity index (χ2n) is 18.6. The van der Waals surface area contributed by atoms with Gasteiger partial charge in [0.25, 0.3) is 6.33 Å². The van der Waals surface area contributed by atoms with E-state index in [-0.39, 0.29) is 37.3 Å². The topological polar surface area (TPSA) is 48.8 Å². The van der Waals surface area contributed by atoms with Gasteiger partial charge in [0.2, 0.25) is 0 Å². The minimum absolute atomic E-state index is 0. The average molecular weight is 967 g/mol. The molecule has 0 saturated heterocycles. The fourth-order valence-corrected chi connectivity index (χ4v) is 7.80. The Labute approximate surface area is 367 Å². The van der Waals surface area contributed by atoms with Gasteiger partial charge in [-0.1, -0.05) is 153 Å². The van der Waals surface area contributed by atoms with Crippen LogP contribution in [0.3, 0.4) is 0 Å². The van der Waals surface area contributed by atoms with Crippen LogP contribution in [-0.2, 0) is 37.3 Å². The zero-order valence-electron chi connectivity index (χ0n) is 35.7. The third-order valence-corrected chi connectivity index (χ3v) is 11.2. The molecule has 0 aliphatic carbocycles. The van der Waals surface area contributed by atoms with E-state index in [1.807, 2.05) is 16.8 Å². The minimum Gasteiger partial charge on any atom is -0.508 e. The van der Waals surface area contributed by atoms with Gasteiger partial charge >= 0.3 is 0 Å². The van der Waals surface area contributed by atoms with Gasteiger partial charge in [-0.25, -0.2) is 4.98 Å². The molecule has 9 rings (SSSR count). The molecule has 0 fully saturated rings. The maximum Gasteiger partial charge on any atom is 0.268 e. The van der Waals surface area contributed by atoms with Crippen LogP contribution in [0.2, 0.25) is 0 Å². The van der Waals surface area contributed by atoms with E-state index in [2.05, 4.69) is 204 Å². The van der Waals surface area contributed by atoms with Crippen LogP contribution >= 0.6 is 0 Å². The van der Waals surface area contributed by atoms with Crippen LogP contribution in [0.5, 0.6) is 11.5 Å². The molecule has 0 N–H and O–H groups in total. The van der Waals surface area contributed by atoms with Gasteiger partial charge < -0.3 is 18.9 Å². The number of fused-ring (bicyclic) bond motifs is 4. The maximum atomic E-state index is 6.60. The van der Waals surface area contributed by atoms with E-state index in [0.29, 0.717) is 17.2 Å². The molecule has 0 unspecified atom stereocenters. The molecule has 0 radical (unpaired) electrons. The number of benzene rings is 5. The van der Waals surface area contributed by atoms with Gasteiger partial charge in [0, 0.05) is 49.8 Å². The van der Waals surface area contributed by atoms with Crippen molar-refractivity contribution < 1.29 is 30.4 Å². The number of nitrogens with zero attached hydrogens (tertiary/aromatic N) is 5. The van der Waals surface area contributed by atoms with E-state index >= 15 is 0 Å². The Kier molecular flexibility index (Phi) is 10.4. The molecular weight excluding hydrogens is 918 g/mol. The quantitative estimate of drug-likeness (QED) is 0.123. The van der Waals surface area contributed by atoms with E-state index in [9.17, 15) is 0 Å². The molecule has 6 nitrogen and oxygen atoms in total. The maximum absolute atomic E-state index is 6.60. The van der Waals surface area contributed by atoms with Gasteiger partial charge in [0.15, 0.2) is 0 Å². The predicted molar refractivity (Wildman–Crippen MR) is 239 cm³/mol. The monoisotopic (exact) mass is 966 g/mol. The first-order valence-corrected chi connectivity index (χ1v) is 20.3.